The highest BCUT2D eigenvalue weighted by Crippen LogP contribution is 1.95. The minimum absolute atomic E-state index is 1.01. The minimum atomic E-state index is 1.01. The first-order valence-electron chi connectivity index (χ1n) is 5.73. The molecule has 18 heavy (non-hydrogen) atoms. The smallest absolute Gasteiger partial charge is 0.0248 e. The van der Waals surface area contributed by atoms with E-state index in [9.17, 15) is 0 Å². The summed E-state index contributed by atoms with van der Waals surface area (Å²) in [4.78, 5) is 0. The Morgan fingerprint density at radius 2 is 0.944 bits per heavy atom. The Kier molecular flexibility index (Phi) is 4.44. The zero-order valence-corrected chi connectivity index (χ0v) is 9.93. The van der Waals surface area contributed by atoms with Crippen LogP contribution in [0.5, 0.6) is 0 Å². The Morgan fingerprint density at radius 1 is 0.556 bits per heavy atom. The summed E-state index contributed by atoms with van der Waals surface area (Å²) in [6.45, 7) is 0. The SMILES string of the molecule is C(#Cc1ccccc1)C=CC#Cc1ccccc1. The summed E-state index contributed by atoms with van der Waals surface area (Å²) in [5.74, 6) is 12.0. The Hall–Kier alpha value is -2.70. The van der Waals surface area contributed by atoms with E-state index in [0.29, 0.717) is 0 Å². The van der Waals surface area contributed by atoms with Crippen LogP contribution < -0.4 is 0 Å². The topological polar surface area (TPSA) is 0 Å². The van der Waals surface area contributed by atoms with E-state index in [1.165, 1.54) is 0 Å². The lowest BCUT2D eigenvalue weighted by Crippen LogP contribution is -1.69. The van der Waals surface area contributed by atoms with Gasteiger partial charge in [-0.15, -0.1) is 0 Å². The van der Waals surface area contributed by atoms with Gasteiger partial charge in [-0.1, -0.05) is 60.1 Å². The molecule has 0 atom stereocenters. The van der Waals surface area contributed by atoms with Crippen LogP contribution in [0.15, 0.2) is 72.8 Å². The Balaban J connectivity index is 1.94. The van der Waals surface area contributed by atoms with Crippen molar-refractivity contribution >= 4 is 0 Å². The van der Waals surface area contributed by atoms with Gasteiger partial charge in [0.2, 0.25) is 0 Å². The summed E-state index contributed by atoms with van der Waals surface area (Å²) >= 11 is 0. The van der Waals surface area contributed by atoms with Gasteiger partial charge in [-0.3, -0.25) is 0 Å². The molecule has 0 spiro atoms. The third kappa shape index (κ3) is 4.05. The molecule has 0 aliphatic heterocycles. The zero-order chi connectivity index (χ0) is 12.5. The molecule has 84 valence electrons. The van der Waals surface area contributed by atoms with Gasteiger partial charge in [-0.2, -0.15) is 0 Å². The van der Waals surface area contributed by atoms with Gasteiger partial charge in [-0.05, 0) is 36.4 Å². The minimum Gasteiger partial charge on any atom is -0.0689 e. The number of rotatable bonds is 0. The van der Waals surface area contributed by atoms with Crippen molar-refractivity contribution in [3.05, 3.63) is 83.9 Å². The molecular weight excluding hydrogens is 216 g/mol. The Bertz CT molecular complexity index is 567. The summed E-state index contributed by atoms with van der Waals surface area (Å²) in [6.07, 6.45) is 3.53. The highest BCUT2D eigenvalue weighted by Gasteiger charge is 1.79. The van der Waals surface area contributed by atoms with Gasteiger partial charge in [0.1, 0.15) is 0 Å². The zero-order valence-electron chi connectivity index (χ0n) is 9.93. The predicted octanol–water partition coefficient (Wildman–Crippen LogP) is 3.65. The van der Waals surface area contributed by atoms with Crippen LogP contribution >= 0.6 is 0 Å². The van der Waals surface area contributed by atoms with Crippen molar-refractivity contribution in [2.75, 3.05) is 0 Å². The summed E-state index contributed by atoms with van der Waals surface area (Å²) < 4.78 is 0. The first-order chi connectivity index (χ1) is 8.95. The Morgan fingerprint density at radius 3 is 1.33 bits per heavy atom. The van der Waals surface area contributed by atoms with Crippen LogP contribution in [0, 0.1) is 23.7 Å². The molecule has 0 saturated carbocycles. The molecule has 2 aromatic carbocycles. The van der Waals surface area contributed by atoms with Crippen LogP contribution in [0.1, 0.15) is 11.1 Å². The molecule has 0 heterocycles. The number of allylic oxidation sites excluding steroid dienone is 2. The second kappa shape index (κ2) is 6.79. The van der Waals surface area contributed by atoms with Crippen molar-refractivity contribution < 1.29 is 0 Å². The molecule has 0 aliphatic carbocycles. The van der Waals surface area contributed by atoms with Gasteiger partial charge in [0.25, 0.3) is 0 Å². The molecule has 0 aliphatic rings. The second-order valence-corrected chi connectivity index (χ2v) is 3.60. The standard InChI is InChI=1S/C18H12/c1(5-11-17-13-7-3-8-14-17)2-6-12-18-15-9-4-10-16-18/h1-4,7-10,13-16H. The van der Waals surface area contributed by atoms with E-state index < -0.39 is 0 Å². The van der Waals surface area contributed by atoms with E-state index >= 15 is 0 Å². The number of hydrogen-bond acceptors (Lipinski definition) is 0. The van der Waals surface area contributed by atoms with Crippen LogP contribution in [-0.2, 0) is 0 Å². The van der Waals surface area contributed by atoms with E-state index in [1.54, 1.807) is 12.2 Å². The summed E-state index contributed by atoms with van der Waals surface area (Å²) in [7, 11) is 0. The van der Waals surface area contributed by atoms with Gasteiger partial charge in [-0.25, -0.2) is 0 Å². The van der Waals surface area contributed by atoms with Crippen molar-refractivity contribution in [3.8, 4) is 23.7 Å². The molecule has 0 amide bonds. The van der Waals surface area contributed by atoms with E-state index in [4.69, 9.17) is 0 Å². The molecule has 2 rings (SSSR count). The Labute approximate surface area is 108 Å². The molecule has 0 saturated heterocycles. The average molecular weight is 228 g/mol. The lowest BCUT2D eigenvalue weighted by Gasteiger charge is -1.84. The van der Waals surface area contributed by atoms with E-state index in [2.05, 4.69) is 23.7 Å². The molecule has 0 radical (unpaired) electrons. The van der Waals surface area contributed by atoms with Crippen molar-refractivity contribution in [2.24, 2.45) is 0 Å². The van der Waals surface area contributed by atoms with Crippen molar-refractivity contribution in [1.82, 2.24) is 0 Å². The van der Waals surface area contributed by atoms with Crippen LogP contribution in [-0.4, -0.2) is 0 Å². The van der Waals surface area contributed by atoms with Crippen molar-refractivity contribution in [3.63, 3.8) is 0 Å². The fourth-order valence-electron chi connectivity index (χ4n) is 1.38. The quantitative estimate of drug-likeness (QED) is 0.604. The lowest BCUT2D eigenvalue weighted by atomic mass is 10.2. The van der Waals surface area contributed by atoms with Crippen LogP contribution in [0.2, 0.25) is 0 Å². The molecule has 0 fully saturated rings. The molecule has 0 unspecified atom stereocenters. The third-order valence-corrected chi connectivity index (χ3v) is 2.23. The largest absolute Gasteiger partial charge is 0.0689 e. The van der Waals surface area contributed by atoms with E-state index in [0.717, 1.165) is 11.1 Å². The molecule has 0 aromatic heterocycles. The van der Waals surface area contributed by atoms with E-state index in [-0.39, 0.29) is 0 Å². The van der Waals surface area contributed by atoms with Gasteiger partial charge < -0.3 is 0 Å². The molecule has 0 nitrogen and oxygen atoms in total. The fraction of sp³-hybridized carbons (Fsp3) is 0. The van der Waals surface area contributed by atoms with Crippen molar-refractivity contribution in [2.45, 2.75) is 0 Å². The molecule has 2 aromatic rings. The maximum absolute atomic E-state index is 3.04. The van der Waals surface area contributed by atoms with Gasteiger partial charge in [0.15, 0.2) is 0 Å². The molecule has 0 heteroatoms. The maximum Gasteiger partial charge on any atom is 0.0248 e. The van der Waals surface area contributed by atoms with Gasteiger partial charge in [0.05, 0.1) is 0 Å². The van der Waals surface area contributed by atoms with Crippen LogP contribution in [0.4, 0.5) is 0 Å². The number of benzene rings is 2. The summed E-state index contributed by atoms with van der Waals surface area (Å²) in [6, 6.07) is 19.8. The maximum atomic E-state index is 3.04. The van der Waals surface area contributed by atoms with Crippen LogP contribution in [0.3, 0.4) is 0 Å². The first kappa shape index (κ1) is 11.8. The summed E-state index contributed by atoms with van der Waals surface area (Å²) in [5, 5.41) is 0. The van der Waals surface area contributed by atoms with Crippen molar-refractivity contribution in [1.29, 1.82) is 0 Å². The number of hydrogen-bond donors (Lipinski definition) is 0. The molecule has 0 bridgehead atoms. The third-order valence-electron chi connectivity index (χ3n) is 2.23. The van der Waals surface area contributed by atoms with Gasteiger partial charge in [0, 0.05) is 11.1 Å². The summed E-state index contributed by atoms with van der Waals surface area (Å²) in [5.41, 5.74) is 2.02. The normalized spacial score (nSPS) is 9.11. The van der Waals surface area contributed by atoms with Crippen LogP contribution in [0.25, 0.3) is 0 Å². The highest BCUT2D eigenvalue weighted by molar-refractivity contribution is 5.40. The molecule has 0 N–H and O–H groups in total. The predicted molar refractivity (Wildman–Crippen MR) is 75.8 cm³/mol. The second-order valence-electron chi connectivity index (χ2n) is 3.60. The monoisotopic (exact) mass is 228 g/mol. The average Bonchev–Trinajstić information content (AvgIpc) is 2.45. The highest BCUT2D eigenvalue weighted by atomic mass is 13.8. The molecular formula is C18H12. The van der Waals surface area contributed by atoms with E-state index in [1.807, 2.05) is 60.7 Å². The van der Waals surface area contributed by atoms with Gasteiger partial charge >= 0.3 is 0 Å². The lowest BCUT2D eigenvalue weighted by molar-refractivity contribution is 1.65. The first-order valence-corrected chi connectivity index (χ1v) is 5.73. The fourth-order valence-corrected chi connectivity index (χ4v) is 1.38.